The lowest BCUT2D eigenvalue weighted by atomic mass is 9.95. The molecule has 2 aromatic carbocycles. The normalized spacial score (nSPS) is 17.3. The number of halogens is 6. The molecule has 0 bridgehead atoms. The van der Waals surface area contributed by atoms with Gasteiger partial charge in [0.2, 0.25) is 5.96 Å². The van der Waals surface area contributed by atoms with Crippen LogP contribution < -0.4 is 16.5 Å². The van der Waals surface area contributed by atoms with Gasteiger partial charge in [-0.05, 0) is 113 Å². The first kappa shape index (κ1) is 39.0. The van der Waals surface area contributed by atoms with E-state index in [9.17, 15) is 31.1 Å². The Morgan fingerprint density at radius 2 is 1.52 bits per heavy atom. The van der Waals surface area contributed by atoms with Crippen LogP contribution in [0.3, 0.4) is 0 Å². The van der Waals surface area contributed by atoms with Crippen LogP contribution in [0, 0.1) is 0 Å². The maximum Gasteiger partial charge on any atom is 0.416 e. The fraction of sp³-hybridized carbons (Fsp3) is 0.588. The number of nitrogens with zero attached hydrogens (tertiary/aromatic N) is 4. The molecule has 2 aromatic rings. The average Bonchev–Trinajstić information content (AvgIpc) is 3.34. The van der Waals surface area contributed by atoms with Gasteiger partial charge in [-0.1, -0.05) is 0 Å². The number of alkyl halides is 6. The van der Waals surface area contributed by atoms with Crippen LogP contribution in [0.1, 0.15) is 93.8 Å². The number of ether oxygens (including phenoxy) is 3. The molecule has 2 heterocycles. The van der Waals surface area contributed by atoms with E-state index in [0.717, 1.165) is 16.2 Å². The van der Waals surface area contributed by atoms with Gasteiger partial charge in [0.05, 0.1) is 54.8 Å². The summed E-state index contributed by atoms with van der Waals surface area (Å²) in [5.74, 6) is 6.04. The van der Waals surface area contributed by atoms with Gasteiger partial charge in [-0.3, -0.25) is 4.90 Å². The van der Waals surface area contributed by atoms with E-state index in [4.69, 9.17) is 25.8 Å². The Labute approximate surface area is 288 Å². The number of nitrogens with two attached hydrogens (primary N) is 2. The number of guanidine groups is 1. The van der Waals surface area contributed by atoms with Crippen molar-refractivity contribution >= 4 is 17.7 Å². The Morgan fingerprint density at radius 3 is 2.08 bits per heavy atom. The molecule has 1 atom stereocenters. The first-order chi connectivity index (χ1) is 23.0. The van der Waals surface area contributed by atoms with Crippen molar-refractivity contribution in [2.24, 2.45) is 16.7 Å². The van der Waals surface area contributed by atoms with Gasteiger partial charge in [-0.2, -0.15) is 26.3 Å². The van der Waals surface area contributed by atoms with E-state index < -0.39 is 46.8 Å². The Hall–Kier alpha value is -3.76. The molecule has 2 aliphatic heterocycles. The number of amides is 1. The van der Waals surface area contributed by atoms with Crippen LogP contribution >= 0.6 is 0 Å². The number of benzene rings is 2. The topological polar surface area (TPSA) is 119 Å². The molecule has 0 aliphatic carbocycles. The first-order valence-corrected chi connectivity index (χ1v) is 16.3. The Balaban J connectivity index is 1.78. The van der Waals surface area contributed by atoms with E-state index in [2.05, 4.69) is 5.10 Å². The quantitative estimate of drug-likeness (QED) is 0.0978. The number of carbonyl (C=O) groups excluding carboxylic acids is 1. The molecule has 0 saturated carbocycles. The van der Waals surface area contributed by atoms with Crippen molar-refractivity contribution in [1.82, 2.24) is 10.0 Å². The number of fused-ring (bicyclic) bond motifs is 2. The van der Waals surface area contributed by atoms with Crippen molar-refractivity contribution in [3.05, 3.63) is 63.7 Å². The average molecular weight is 717 g/mol. The molecule has 50 heavy (non-hydrogen) atoms. The summed E-state index contributed by atoms with van der Waals surface area (Å²) in [4.78, 5) is 16.6. The summed E-state index contributed by atoms with van der Waals surface area (Å²) in [6.07, 6.45) is -9.97. The van der Waals surface area contributed by atoms with Gasteiger partial charge >= 0.3 is 18.4 Å². The first-order valence-electron chi connectivity index (χ1n) is 16.3. The zero-order valence-electron chi connectivity index (χ0n) is 29.2. The molecule has 10 nitrogen and oxygen atoms in total. The molecule has 278 valence electrons. The van der Waals surface area contributed by atoms with Gasteiger partial charge in [-0.25, -0.2) is 15.8 Å². The lowest BCUT2D eigenvalue weighted by Gasteiger charge is -2.35. The highest BCUT2D eigenvalue weighted by Gasteiger charge is 2.38. The number of hydrazone groups is 1. The molecule has 0 spiro atoms. The molecule has 0 fully saturated rings. The van der Waals surface area contributed by atoms with Gasteiger partial charge in [0, 0.05) is 13.1 Å². The van der Waals surface area contributed by atoms with Gasteiger partial charge in [0.25, 0.3) is 0 Å². The van der Waals surface area contributed by atoms with E-state index in [1.165, 1.54) is 4.90 Å². The molecular weight excluding hydrogens is 670 g/mol. The van der Waals surface area contributed by atoms with Crippen molar-refractivity contribution < 1.29 is 45.3 Å². The smallest absolute Gasteiger partial charge is 0.416 e. The second-order valence-electron chi connectivity index (χ2n) is 14.4. The summed E-state index contributed by atoms with van der Waals surface area (Å²) in [7, 11) is 0. The summed E-state index contributed by atoms with van der Waals surface area (Å²) >= 11 is 0. The monoisotopic (exact) mass is 716 g/mol. The number of hydrazine groups is 1. The SMILES string of the molecule is CC(C)(C)OCCN(N)/N=C(\N)N(CCc1cc(C(F)(F)F)cc(C(F)(F)F)c1)C1CCCN(C(=O)OC(C)(C)C)c2cc3c(cc21)COC3. The van der Waals surface area contributed by atoms with Gasteiger partial charge in [-0.15, -0.1) is 5.10 Å². The van der Waals surface area contributed by atoms with Crippen molar-refractivity contribution in [2.45, 2.75) is 104 Å². The van der Waals surface area contributed by atoms with Crippen LogP contribution in [0.2, 0.25) is 0 Å². The Kier molecular flexibility index (Phi) is 11.6. The molecular formula is C34H46F6N6O4. The third-order valence-corrected chi connectivity index (χ3v) is 8.03. The number of hydrogen-bond acceptors (Lipinski definition) is 7. The third kappa shape index (κ3) is 10.4. The minimum atomic E-state index is -5.00. The lowest BCUT2D eigenvalue weighted by molar-refractivity contribution is -0.143. The van der Waals surface area contributed by atoms with Crippen LogP contribution in [0.5, 0.6) is 0 Å². The number of anilines is 1. The van der Waals surface area contributed by atoms with Crippen LogP contribution in [0.4, 0.5) is 36.8 Å². The van der Waals surface area contributed by atoms with Crippen molar-refractivity contribution in [3.8, 4) is 0 Å². The summed E-state index contributed by atoms with van der Waals surface area (Å²) in [5.41, 5.74) is 5.28. The van der Waals surface area contributed by atoms with E-state index in [0.29, 0.717) is 49.4 Å². The molecule has 1 unspecified atom stereocenters. The highest BCUT2D eigenvalue weighted by atomic mass is 19.4. The van der Waals surface area contributed by atoms with Crippen molar-refractivity contribution in [3.63, 3.8) is 0 Å². The number of hydrogen-bond donors (Lipinski definition) is 2. The molecule has 4 N–H and O–H groups in total. The zero-order valence-corrected chi connectivity index (χ0v) is 29.2. The summed E-state index contributed by atoms with van der Waals surface area (Å²) in [6, 6.07) is 4.64. The summed E-state index contributed by atoms with van der Waals surface area (Å²) < 4.78 is 99.3. The fourth-order valence-electron chi connectivity index (χ4n) is 5.81. The van der Waals surface area contributed by atoms with E-state index in [-0.39, 0.29) is 50.3 Å². The van der Waals surface area contributed by atoms with Crippen LogP contribution in [-0.4, -0.2) is 59.5 Å². The maximum absolute atomic E-state index is 13.7. The molecule has 0 aromatic heterocycles. The third-order valence-electron chi connectivity index (χ3n) is 8.03. The van der Waals surface area contributed by atoms with Gasteiger partial charge in [0.1, 0.15) is 5.60 Å². The van der Waals surface area contributed by atoms with Crippen LogP contribution in [0.15, 0.2) is 35.4 Å². The Bertz CT molecular complexity index is 1520. The van der Waals surface area contributed by atoms with E-state index in [1.54, 1.807) is 25.7 Å². The predicted octanol–water partition coefficient (Wildman–Crippen LogP) is 7.10. The number of rotatable bonds is 8. The highest BCUT2D eigenvalue weighted by molar-refractivity contribution is 5.90. The molecule has 2 aliphatic rings. The number of carbonyl (C=O) groups is 1. The van der Waals surface area contributed by atoms with Crippen molar-refractivity contribution in [1.29, 1.82) is 0 Å². The van der Waals surface area contributed by atoms with Crippen molar-refractivity contribution in [2.75, 3.05) is 31.1 Å². The van der Waals surface area contributed by atoms with Crippen LogP contribution in [-0.2, 0) is 46.2 Å². The summed E-state index contributed by atoms with van der Waals surface area (Å²) in [6.45, 7) is 12.0. The highest BCUT2D eigenvalue weighted by Crippen LogP contribution is 2.41. The lowest BCUT2D eigenvalue weighted by Crippen LogP contribution is -2.44. The minimum absolute atomic E-state index is 0.0957. The second-order valence-corrected chi connectivity index (χ2v) is 14.4. The summed E-state index contributed by atoms with van der Waals surface area (Å²) in [5, 5.41) is 5.41. The largest absolute Gasteiger partial charge is 0.443 e. The Morgan fingerprint density at radius 1 is 0.920 bits per heavy atom. The standard InChI is InChI=1S/C34H46F6N6O4/c1-31(2,3)49-13-12-46(42)43-29(41)44(11-9-21-14-24(33(35,36)37)18-25(15-21)34(38,39)40)27-8-7-10-45(30(47)50-32(4,5)6)28-17-23-20-48-19-22(23)16-26(27)28/h14-18,27H,7-13,19-20,42H2,1-6H3,(H2,41,43). The van der Waals surface area contributed by atoms with Crippen LogP contribution in [0.25, 0.3) is 0 Å². The fourth-order valence-corrected chi connectivity index (χ4v) is 5.81. The predicted molar refractivity (Wildman–Crippen MR) is 176 cm³/mol. The second kappa shape index (κ2) is 14.8. The van der Waals surface area contributed by atoms with E-state index >= 15 is 0 Å². The van der Waals surface area contributed by atoms with E-state index in [1.807, 2.05) is 32.9 Å². The molecule has 0 saturated heterocycles. The molecule has 16 heteroatoms. The zero-order chi connectivity index (χ0) is 37.2. The minimum Gasteiger partial charge on any atom is -0.443 e. The molecule has 1 amide bonds. The van der Waals surface area contributed by atoms with Gasteiger partial charge < -0.3 is 24.8 Å². The molecule has 4 rings (SSSR count). The maximum atomic E-state index is 13.7. The van der Waals surface area contributed by atoms with Gasteiger partial charge in [0.15, 0.2) is 0 Å². The molecule has 0 radical (unpaired) electrons.